The molecule has 0 saturated heterocycles. The van der Waals surface area contributed by atoms with Crippen LogP contribution in [0.5, 0.6) is 0 Å². The van der Waals surface area contributed by atoms with Gasteiger partial charge in [0.25, 0.3) is 5.56 Å². The smallest absolute Gasteiger partial charge is 0.257 e. The van der Waals surface area contributed by atoms with Gasteiger partial charge in [-0.1, -0.05) is 11.8 Å². The first kappa shape index (κ1) is 16.5. The zero-order valence-electron chi connectivity index (χ0n) is 13.6. The lowest BCUT2D eigenvalue weighted by atomic mass is 9.97. The number of thioether (sulfide) groups is 1. The third-order valence-electron chi connectivity index (χ3n) is 4.37. The molecule has 126 valence electrons. The summed E-state index contributed by atoms with van der Waals surface area (Å²) in [6.07, 6.45) is 4.19. The van der Waals surface area contributed by atoms with Crippen molar-refractivity contribution in [3.05, 3.63) is 21.6 Å². The van der Waals surface area contributed by atoms with Crippen LogP contribution in [0.2, 0.25) is 0 Å². The van der Waals surface area contributed by atoms with E-state index in [1.165, 1.54) is 0 Å². The second-order valence-corrected chi connectivity index (χ2v) is 7.28. The number of methoxy groups -OCH3 is 1. The maximum absolute atomic E-state index is 12.8. The Labute approximate surface area is 140 Å². The van der Waals surface area contributed by atoms with E-state index in [0.717, 1.165) is 47.8 Å². The number of aryl methyl sites for hydroxylation is 1. The minimum Gasteiger partial charge on any atom is -0.383 e. The van der Waals surface area contributed by atoms with Crippen molar-refractivity contribution in [2.45, 2.75) is 56.3 Å². The summed E-state index contributed by atoms with van der Waals surface area (Å²) in [5.74, 6) is 0.689. The van der Waals surface area contributed by atoms with E-state index >= 15 is 0 Å². The van der Waals surface area contributed by atoms with Crippen LogP contribution < -0.4 is 10.9 Å². The average Bonchev–Trinajstić information content (AvgIpc) is 2.90. The van der Waals surface area contributed by atoms with E-state index in [9.17, 15) is 9.59 Å². The molecule has 7 heteroatoms. The van der Waals surface area contributed by atoms with Crippen molar-refractivity contribution >= 4 is 17.7 Å². The summed E-state index contributed by atoms with van der Waals surface area (Å²) in [5.41, 5.74) is 1.90. The van der Waals surface area contributed by atoms with Gasteiger partial charge in [0.05, 0.1) is 18.3 Å². The second-order valence-electron chi connectivity index (χ2n) is 6.29. The molecule has 0 fully saturated rings. The van der Waals surface area contributed by atoms with Crippen molar-refractivity contribution in [1.82, 2.24) is 14.9 Å². The van der Waals surface area contributed by atoms with E-state index in [0.29, 0.717) is 13.0 Å². The predicted octanol–water partition coefficient (Wildman–Crippen LogP) is 1.31. The van der Waals surface area contributed by atoms with Crippen molar-refractivity contribution in [3.63, 3.8) is 0 Å². The fourth-order valence-electron chi connectivity index (χ4n) is 3.30. The Morgan fingerprint density at radius 1 is 1.48 bits per heavy atom. The van der Waals surface area contributed by atoms with Crippen molar-refractivity contribution < 1.29 is 9.53 Å². The van der Waals surface area contributed by atoms with Crippen LogP contribution in [0.4, 0.5) is 0 Å². The molecule has 1 aliphatic carbocycles. The highest BCUT2D eigenvalue weighted by atomic mass is 32.2. The number of nitrogens with zero attached hydrogens (tertiary/aromatic N) is 2. The first-order valence-electron chi connectivity index (χ1n) is 8.15. The normalized spacial score (nSPS) is 20.7. The molecule has 0 bridgehead atoms. The zero-order valence-corrected chi connectivity index (χ0v) is 14.4. The number of ether oxygens (including phenoxy) is 1. The summed E-state index contributed by atoms with van der Waals surface area (Å²) in [7, 11) is 1.61. The van der Waals surface area contributed by atoms with E-state index in [2.05, 4.69) is 10.3 Å². The third-order valence-corrected chi connectivity index (χ3v) is 5.47. The van der Waals surface area contributed by atoms with Crippen LogP contribution in [0, 0.1) is 0 Å². The standard InChI is InChI=1S/C16H23N3O3S/c1-10(8-22-2)17-14(20)7-11-9-23-16-18-13-6-4-3-5-12(13)15(21)19(11)16/h10-11H,3-9H2,1-2H3,(H,17,20). The van der Waals surface area contributed by atoms with E-state index in [-0.39, 0.29) is 23.6 Å². The van der Waals surface area contributed by atoms with Gasteiger partial charge in [0, 0.05) is 30.9 Å². The summed E-state index contributed by atoms with van der Waals surface area (Å²) in [4.78, 5) is 29.6. The first-order chi connectivity index (χ1) is 11.1. The van der Waals surface area contributed by atoms with Crippen LogP contribution >= 0.6 is 11.8 Å². The fourth-order valence-corrected chi connectivity index (χ4v) is 4.46. The molecular formula is C16H23N3O3S. The van der Waals surface area contributed by atoms with E-state index < -0.39 is 0 Å². The average molecular weight is 337 g/mol. The van der Waals surface area contributed by atoms with Gasteiger partial charge in [-0.3, -0.25) is 14.2 Å². The number of rotatable bonds is 5. The lowest BCUT2D eigenvalue weighted by molar-refractivity contribution is -0.122. The number of carbonyl (C=O) groups excluding carboxylic acids is 1. The van der Waals surface area contributed by atoms with Crippen LogP contribution in [-0.2, 0) is 22.4 Å². The van der Waals surface area contributed by atoms with Gasteiger partial charge in [0.15, 0.2) is 5.16 Å². The molecule has 1 aliphatic heterocycles. The lowest BCUT2D eigenvalue weighted by Crippen LogP contribution is -2.38. The maximum Gasteiger partial charge on any atom is 0.257 e. The summed E-state index contributed by atoms with van der Waals surface area (Å²) >= 11 is 1.58. The fraction of sp³-hybridized carbons (Fsp3) is 0.688. The Bertz CT molecular complexity index is 659. The molecule has 1 aromatic heterocycles. The van der Waals surface area contributed by atoms with Gasteiger partial charge in [-0.15, -0.1) is 0 Å². The van der Waals surface area contributed by atoms with Crippen LogP contribution in [0.15, 0.2) is 9.95 Å². The Balaban J connectivity index is 1.76. The van der Waals surface area contributed by atoms with Crippen LogP contribution in [-0.4, -0.2) is 41.0 Å². The predicted molar refractivity (Wildman–Crippen MR) is 89.0 cm³/mol. The van der Waals surface area contributed by atoms with Crippen molar-refractivity contribution in [2.24, 2.45) is 0 Å². The van der Waals surface area contributed by atoms with E-state index in [1.807, 2.05) is 6.92 Å². The van der Waals surface area contributed by atoms with Crippen LogP contribution in [0.1, 0.15) is 43.5 Å². The summed E-state index contributed by atoms with van der Waals surface area (Å²) in [5, 5.41) is 3.69. The Hall–Kier alpha value is -1.34. The third kappa shape index (κ3) is 3.45. The molecule has 0 radical (unpaired) electrons. The number of aromatic nitrogens is 2. The van der Waals surface area contributed by atoms with E-state index in [1.54, 1.807) is 23.4 Å². The van der Waals surface area contributed by atoms with Gasteiger partial charge in [0.2, 0.25) is 5.91 Å². The molecule has 0 aromatic carbocycles. The molecule has 0 saturated carbocycles. The number of fused-ring (bicyclic) bond motifs is 2. The summed E-state index contributed by atoms with van der Waals surface area (Å²) in [6.45, 7) is 2.39. The van der Waals surface area contributed by atoms with Crippen LogP contribution in [0.25, 0.3) is 0 Å². The maximum atomic E-state index is 12.8. The Kier molecular flexibility index (Phi) is 5.06. The van der Waals surface area contributed by atoms with Gasteiger partial charge in [-0.05, 0) is 32.6 Å². The van der Waals surface area contributed by atoms with Gasteiger partial charge in [-0.2, -0.15) is 0 Å². The molecule has 3 rings (SSSR count). The zero-order chi connectivity index (χ0) is 16.4. The highest BCUT2D eigenvalue weighted by Crippen LogP contribution is 2.33. The molecule has 2 aliphatic rings. The Morgan fingerprint density at radius 3 is 3.04 bits per heavy atom. The molecule has 0 spiro atoms. The largest absolute Gasteiger partial charge is 0.383 e. The molecule has 2 heterocycles. The highest BCUT2D eigenvalue weighted by molar-refractivity contribution is 7.99. The number of hydrogen-bond donors (Lipinski definition) is 1. The summed E-state index contributed by atoms with van der Waals surface area (Å²) in [6, 6.07) is -0.128. The number of carbonyl (C=O) groups is 1. The monoisotopic (exact) mass is 337 g/mol. The van der Waals surface area contributed by atoms with Gasteiger partial charge < -0.3 is 10.1 Å². The van der Waals surface area contributed by atoms with Gasteiger partial charge in [0.1, 0.15) is 0 Å². The van der Waals surface area contributed by atoms with E-state index in [4.69, 9.17) is 4.74 Å². The second kappa shape index (κ2) is 7.05. The number of hydrogen-bond acceptors (Lipinski definition) is 5. The molecule has 1 amide bonds. The molecular weight excluding hydrogens is 314 g/mol. The number of amides is 1. The minimum atomic E-state index is -0.100. The van der Waals surface area contributed by atoms with Gasteiger partial charge >= 0.3 is 0 Å². The van der Waals surface area contributed by atoms with Crippen LogP contribution in [0.3, 0.4) is 0 Å². The lowest BCUT2D eigenvalue weighted by Gasteiger charge is -2.19. The summed E-state index contributed by atoms with van der Waals surface area (Å²) < 4.78 is 6.77. The van der Waals surface area contributed by atoms with Gasteiger partial charge in [-0.25, -0.2) is 4.98 Å². The topological polar surface area (TPSA) is 73.2 Å². The molecule has 6 nitrogen and oxygen atoms in total. The SMILES string of the molecule is COCC(C)NC(=O)CC1CSc2nc3c(c(=O)n21)CCCC3. The molecule has 23 heavy (non-hydrogen) atoms. The van der Waals surface area contributed by atoms with Crippen molar-refractivity contribution in [1.29, 1.82) is 0 Å². The Morgan fingerprint density at radius 2 is 2.26 bits per heavy atom. The van der Waals surface area contributed by atoms with Crippen molar-refractivity contribution in [3.8, 4) is 0 Å². The minimum absolute atomic E-state index is 0.0283. The number of nitrogens with one attached hydrogen (secondary N) is 1. The molecule has 2 unspecified atom stereocenters. The molecule has 1 aromatic rings. The molecule has 1 N–H and O–H groups in total. The first-order valence-corrected chi connectivity index (χ1v) is 9.14. The highest BCUT2D eigenvalue weighted by Gasteiger charge is 2.30. The van der Waals surface area contributed by atoms with Crippen molar-refractivity contribution in [2.75, 3.05) is 19.5 Å². The molecule has 2 atom stereocenters. The quantitative estimate of drug-likeness (QED) is 0.820.